The van der Waals surface area contributed by atoms with Crippen molar-refractivity contribution in [2.75, 3.05) is 4.90 Å². The number of anilines is 1. The van der Waals surface area contributed by atoms with Gasteiger partial charge in [-0.2, -0.15) is 0 Å². The van der Waals surface area contributed by atoms with E-state index in [1.807, 2.05) is 49.4 Å². The maximum atomic E-state index is 13.1. The molecule has 2 aromatic carbocycles. The molecule has 0 saturated carbocycles. The Morgan fingerprint density at radius 1 is 1.19 bits per heavy atom. The molecule has 0 aliphatic heterocycles. The predicted molar refractivity (Wildman–Crippen MR) is 108 cm³/mol. The lowest BCUT2D eigenvalue weighted by atomic mass is 10.2. The summed E-state index contributed by atoms with van der Waals surface area (Å²) in [5.41, 5.74) is 3.46. The Hall–Kier alpha value is -2.70. The summed E-state index contributed by atoms with van der Waals surface area (Å²) in [5, 5.41) is 5.03. The van der Waals surface area contributed by atoms with Crippen LogP contribution in [0.25, 0.3) is 10.2 Å². The van der Waals surface area contributed by atoms with Gasteiger partial charge in [0.05, 0.1) is 27.5 Å². The smallest absolute Gasteiger partial charge is 0.298 e. The third-order valence-corrected chi connectivity index (χ3v) is 5.72. The fourth-order valence-corrected chi connectivity index (χ4v) is 4.11. The Morgan fingerprint density at radius 3 is 2.63 bits per heavy atom. The number of thiazole rings is 1. The van der Waals surface area contributed by atoms with Crippen LogP contribution in [-0.2, 0) is 6.54 Å². The number of hydrogen-bond acceptors (Lipinski definition) is 5. The second-order valence-electron chi connectivity index (χ2n) is 6.25. The number of amides is 1. The second kappa shape index (κ2) is 7.13. The van der Waals surface area contributed by atoms with E-state index in [0.717, 1.165) is 21.3 Å². The van der Waals surface area contributed by atoms with Crippen LogP contribution in [0, 0.1) is 13.8 Å². The van der Waals surface area contributed by atoms with Gasteiger partial charge in [-0.15, -0.1) is 0 Å². The molecular formula is C20H16ClN3O2S. The molecular weight excluding hydrogens is 382 g/mol. The van der Waals surface area contributed by atoms with Gasteiger partial charge in [-0.25, -0.2) is 4.98 Å². The first-order valence-electron chi connectivity index (χ1n) is 8.37. The van der Waals surface area contributed by atoms with Gasteiger partial charge in [0, 0.05) is 6.07 Å². The maximum Gasteiger partial charge on any atom is 0.298 e. The highest BCUT2D eigenvalue weighted by atomic mass is 35.5. The van der Waals surface area contributed by atoms with Gasteiger partial charge in [-0.3, -0.25) is 9.69 Å². The zero-order valence-electron chi connectivity index (χ0n) is 14.8. The minimum absolute atomic E-state index is 0.186. The molecule has 0 aliphatic rings. The number of carbonyl (C=O) groups is 1. The van der Waals surface area contributed by atoms with E-state index in [9.17, 15) is 4.79 Å². The third-order valence-electron chi connectivity index (χ3n) is 4.18. The van der Waals surface area contributed by atoms with Crippen molar-refractivity contribution in [3.8, 4) is 0 Å². The van der Waals surface area contributed by atoms with Gasteiger partial charge in [-0.1, -0.05) is 64.5 Å². The number of fused-ring (bicyclic) bond motifs is 1. The van der Waals surface area contributed by atoms with E-state index in [4.69, 9.17) is 21.1 Å². The van der Waals surface area contributed by atoms with E-state index in [1.165, 1.54) is 11.3 Å². The van der Waals surface area contributed by atoms with E-state index in [-0.39, 0.29) is 11.7 Å². The zero-order valence-corrected chi connectivity index (χ0v) is 16.3. The van der Waals surface area contributed by atoms with Crippen LogP contribution in [-0.4, -0.2) is 16.0 Å². The van der Waals surface area contributed by atoms with Crippen molar-refractivity contribution >= 4 is 44.2 Å². The summed E-state index contributed by atoms with van der Waals surface area (Å²) in [4.78, 5) is 19.4. The number of nitrogens with zero attached hydrogens (tertiary/aromatic N) is 3. The Morgan fingerprint density at radius 2 is 1.96 bits per heavy atom. The van der Waals surface area contributed by atoms with E-state index in [2.05, 4.69) is 5.16 Å². The largest absolute Gasteiger partial charge is 0.351 e. The topological polar surface area (TPSA) is 59.2 Å². The lowest BCUT2D eigenvalue weighted by molar-refractivity contribution is 0.0949. The highest BCUT2D eigenvalue weighted by Gasteiger charge is 2.25. The third kappa shape index (κ3) is 3.46. The van der Waals surface area contributed by atoms with Gasteiger partial charge >= 0.3 is 0 Å². The quantitative estimate of drug-likeness (QED) is 0.462. The molecule has 4 rings (SSSR count). The first-order valence-corrected chi connectivity index (χ1v) is 9.57. The van der Waals surface area contributed by atoms with Crippen molar-refractivity contribution in [2.45, 2.75) is 20.4 Å². The standard InChI is InChI=1S/C20H16ClN3O2S/c1-12-8-9-15(21)18-17(12)22-20(27-18)24(11-14-6-4-3-5-7-14)19(25)16-10-13(2)23-26-16/h3-10H,11H2,1-2H3. The second-order valence-corrected chi connectivity index (χ2v) is 7.63. The number of aryl methyl sites for hydroxylation is 2. The average molecular weight is 398 g/mol. The van der Waals surface area contributed by atoms with Gasteiger partial charge in [0.2, 0.25) is 5.76 Å². The molecule has 0 bridgehead atoms. The number of rotatable bonds is 4. The van der Waals surface area contributed by atoms with Crippen LogP contribution >= 0.6 is 22.9 Å². The van der Waals surface area contributed by atoms with Gasteiger partial charge in [-0.05, 0) is 31.0 Å². The molecule has 136 valence electrons. The predicted octanol–water partition coefficient (Wildman–Crippen LogP) is 5.40. The lowest BCUT2D eigenvalue weighted by Crippen LogP contribution is -2.30. The molecule has 7 heteroatoms. The minimum atomic E-state index is -0.285. The first-order chi connectivity index (χ1) is 13.0. The molecule has 27 heavy (non-hydrogen) atoms. The van der Waals surface area contributed by atoms with Crippen LogP contribution in [0.1, 0.15) is 27.4 Å². The van der Waals surface area contributed by atoms with Crippen LogP contribution < -0.4 is 4.90 Å². The molecule has 0 fully saturated rings. The van der Waals surface area contributed by atoms with Gasteiger partial charge in [0.1, 0.15) is 0 Å². The molecule has 5 nitrogen and oxygen atoms in total. The van der Waals surface area contributed by atoms with Crippen molar-refractivity contribution in [3.63, 3.8) is 0 Å². The minimum Gasteiger partial charge on any atom is -0.351 e. The van der Waals surface area contributed by atoms with Gasteiger partial charge < -0.3 is 4.52 Å². The lowest BCUT2D eigenvalue weighted by Gasteiger charge is -2.18. The zero-order chi connectivity index (χ0) is 19.0. The average Bonchev–Trinajstić information content (AvgIpc) is 3.30. The Bertz CT molecular complexity index is 1080. The van der Waals surface area contributed by atoms with Gasteiger partial charge in [0.15, 0.2) is 5.13 Å². The van der Waals surface area contributed by atoms with E-state index in [1.54, 1.807) is 17.9 Å². The molecule has 2 heterocycles. The van der Waals surface area contributed by atoms with Crippen LogP contribution in [0.2, 0.25) is 5.02 Å². The monoisotopic (exact) mass is 397 g/mol. The van der Waals surface area contributed by atoms with Gasteiger partial charge in [0.25, 0.3) is 5.91 Å². The number of carbonyl (C=O) groups excluding carboxylic acids is 1. The Balaban J connectivity index is 1.81. The van der Waals surface area contributed by atoms with E-state index < -0.39 is 0 Å². The summed E-state index contributed by atoms with van der Waals surface area (Å²) in [5.74, 6) is -0.0993. The Kier molecular flexibility index (Phi) is 4.68. The summed E-state index contributed by atoms with van der Waals surface area (Å²) in [7, 11) is 0. The first kappa shape index (κ1) is 17.7. The van der Waals surface area contributed by atoms with E-state index >= 15 is 0 Å². The molecule has 0 saturated heterocycles. The van der Waals surface area contributed by atoms with Crippen LogP contribution in [0.5, 0.6) is 0 Å². The van der Waals surface area contributed by atoms with Crippen molar-refractivity contribution in [1.82, 2.24) is 10.1 Å². The molecule has 0 radical (unpaired) electrons. The van der Waals surface area contributed by atoms with Crippen molar-refractivity contribution in [2.24, 2.45) is 0 Å². The summed E-state index contributed by atoms with van der Waals surface area (Å²) in [6.07, 6.45) is 0. The van der Waals surface area contributed by atoms with Crippen molar-refractivity contribution in [1.29, 1.82) is 0 Å². The summed E-state index contributed by atoms with van der Waals surface area (Å²) >= 11 is 7.74. The molecule has 1 amide bonds. The SMILES string of the molecule is Cc1cc(C(=O)N(Cc2ccccc2)c2nc3c(C)ccc(Cl)c3s2)on1. The summed E-state index contributed by atoms with van der Waals surface area (Å²) in [6.45, 7) is 4.13. The van der Waals surface area contributed by atoms with Crippen LogP contribution in [0.3, 0.4) is 0 Å². The van der Waals surface area contributed by atoms with Crippen molar-refractivity contribution in [3.05, 3.63) is 76.1 Å². The number of benzene rings is 2. The normalized spacial score (nSPS) is 11.1. The Labute approximate surface area is 165 Å². The van der Waals surface area contributed by atoms with Crippen LogP contribution in [0.15, 0.2) is 53.1 Å². The van der Waals surface area contributed by atoms with Crippen molar-refractivity contribution < 1.29 is 9.32 Å². The van der Waals surface area contributed by atoms with Crippen LogP contribution in [0.4, 0.5) is 5.13 Å². The maximum absolute atomic E-state index is 13.1. The highest BCUT2D eigenvalue weighted by molar-refractivity contribution is 7.23. The molecule has 0 N–H and O–H groups in total. The molecule has 4 aromatic rings. The molecule has 0 aliphatic carbocycles. The molecule has 0 unspecified atom stereocenters. The number of halogens is 1. The summed E-state index contributed by atoms with van der Waals surface area (Å²) in [6, 6.07) is 15.2. The molecule has 0 atom stereocenters. The fraction of sp³-hybridized carbons (Fsp3) is 0.150. The fourth-order valence-electron chi connectivity index (χ4n) is 2.80. The summed E-state index contributed by atoms with van der Waals surface area (Å²) < 4.78 is 6.06. The van der Waals surface area contributed by atoms with E-state index in [0.29, 0.717) is 22.4 Å². The number of hydrogen-bond donors (Lipinski definition) is 0. The molecule has 0 spiro atoms. The number of aromatic nitrogens is 2. The molecule has 2 aromatic heterocycles. The highest BCUT2D eigenvalue weighted by Crippen LogP contribution is 2.36.